The maximum atomic E-state index is 12.9. The normalized spacial score (nSPS) is 18.6. The van der Waals surface area contributed by atoms with Gasteiger partial charge in [0.2, 0.25) is 0 Å². The molecule has 1 fully saturated rings. The summed E-state index contributed by atoms with van der Waals surface area (Å²) >= 11 is 0. The van der Waals surface area contributed by atoms with Crippen LogP contribution in [0.2, 0.25) is 0 Å². The number of Topliss-reactive ketones (excluding diaryl/α,β-unsaturated/α-hetero) is 1. The molecular formula is C18H22N4O3. The number of ketones is 1. The molecule has 1 N–H and O–H groups in total. The van der Waals surface area contributed by atoms with Gasteiger partial charge in [0.05, 0.1) is 6.04 Å². The highest BCUT2D eigenvalue weighted by atomic mass is 16.5. The van der Waals surface area contributed by atoms with Crippen LogP contribution in [0.25, 0.3) is 0 Å². The maximum absolute atomic E-state index is 12.9. The minimum absolute atomic E-state index is 0.0363. The molecule has 0 spiro atoms. The van der Waals surface area contributed by atoms with Gasteiger partial charge in [-0.15, -0.1) is 0 Å². The van der Waals surface area contributed by atoms with Gasteiger partial charge in [0.1, 0.15) is 17.9 Å². The van der Waals surface area contributed by atoms with E-state index in [1.165, 1.54) is 13.3 Å². The highest BCUT2D eigenvalue weighted by Crippen LogP contribution is 2.29. The van der Waals surface area contributed by atoms with Crippen LogP contribution in [-0.2, 0) is 4.79 Å². The van der Waals surface area contributed by atoms with Crippen molar-refractivity contribution in [1.82, 2.24) is 20.1 Å². The first kappa shape index (κ1) is 17.1. The number of carbonyl (C=O) groups is 2. The lowest BCUT2D eigenvalue weighted by molar-refractivity contribution is -0.142. The summed E-state index contributed by atoms with van der Waals surface area (Å²) in [5.74, 6) is 1.10. The molecule has 1 saturated heterocycles. The first-order valence-corrected chi connectivity index (χ1v) is 8.49. The Hall–Kier alpha value is -2.70. The van der Waals surface area contributed by atoms with Crippen LogP contribution in [-0.4, -0.2) is 44.4 Å². The second-order valence-corrected chi connectivity index (χ2v) is 6.26. The van der Waals surface area contributed by atoms with Crippen molar-refractivity contribution in [3.05, 3.63) is 42.0 Å². The number of amides is 1. The fraction of sp³-hybridized carbons (Fsp3) is 0.444. The molecule has 0 bridgehead atoms. The summed E-state index contributed by atoms with van der Waals surface area (Å²) in [6.45, 7) is 3.91. The first-order chi connectivity index (χ1) is 12.1. The Morgan fingerprint density at radius 2 is 2.20 bits per heavy atom. The molecular weight excluding hydrogens is 320 g/mol. The third kappa shape index (κ3) is 3.87. The van der Waals surface area contributed by atoms with Gasteiger partial charge in [-0.3, -0.25) is 14.7 Å². The quantitative estimate of drug-likeness (QED) is 0.844. The van der Waals surface area contributed by atoms with Gasteiger partial charge in [-0.1, -0.05) is 12.1 Å². The van der Waals surface area contributed by atoms with Crippen LogP contribution in [0.15, 0.2) is 30.6 Å². The number of rotatable bonds is 5. The number of carbonyl (C=O) groups excluding carboxylic acids is 2. The van der Waals surface area contributed by atoms with Gasteiger partial charge in [-0.2, -0.15) is 5.10 Å². The van der Waals surface area contributed by atoms with Gasteiger partial charge in [-0.05, 0) is 45.2 Å². The van der Waals surface area contributed by atoms with Gasteiger partial charge in [0.25, 0.3) is 5.91 Å². The number of hydrogen-bond donors (Lipinski definition) is 1. The number of nitrogens with one attached hydrogen (secondary N) is 1. The number of benzene rings is 1. The molecule has 0 radical (unpaired) electrons. The lowest BCUT2D eigenvalue weighted by Crippen LogP contribution is -2.45. The molecule has 2 atom stereocenters. The molecule has 7 heteroatoms. The lowest BCUT2D eigenvalue weighted by Gasteiger charge is -2.35. The summed E-state index contributed by atoms with van der Waals surface area (Å²) in [6.07, 6.45) is 3.67. The average molecular weight is 342 g/mol. The standard InChI is InChI=1S/C18H22N4O3/c1-12(23)14-6-5-7-15(10-14)25-13(2)18(24)22-9-4-3-8-16(22)17-19-11-20-21-17/h5-7,10-11,13,16H,3-4,8-9H2,1-2H3,(H,19,20,21)/t13-,16-/m1/s1. The van der Waals surface area contributed by atoms with E-state index in [0.29, 0.717) is 23.7 Å². The van der Waals surface area contributed by atoms with Gasteiger partial charge in [0, 0.05) is 12.1 Å². The Bertz CT molecular complexity index is 745. The fourth-order valence-corrected chi connectivity index (χ4v) is 3.13. The van der Waals surface area contributed by atoms with Crippen molar-refractivity contribution < 1.29 is 14.3 Å². The van der Waals surface area contributed by atoms with Crippen LogP contribution in [0, 0.1) is 0 Å². The van der Waals surface area contributed by atoms with Crippen molar-refractivity contribution in [3.63, 3.8) is 0 Å². The highest BCUT2D eigenvalue weighted by molar-refractivity contribution is 5.94. The summed E-state index contributed by atoms with van der Waals surface area (Å²) in [5, 5.41) is 6.76. The van der Waals surface area contributed by atoms with Crippen molar-refractivity contribution in [2.75, 3.05) is 6.54 Å². The van der Waals surface area contributed by atoms with Crippen LogP contribution in [0.4, 0.5) is 0 Å². The molecule has 132 valence electrons. The Labute approximate surface area is 146 Å². The van der Waals surface area contributed by atoms with Crippen molar-refractivity contribution in [3.8, 4) is 5.75 Å². The minimum atomic E-state index is -0.647. The first-order valence-electron chi connectivity index (χ1n) is 8.49. The van der Waals surface area contributed by atoms with Crippen molar-refractivity contribution in [1.29, 1.82) is 0 Å². The monoisotopic (exact) mass is 342 g/mol. The lowest BCUT2D eigenvalue weighted by atomic mass is 10.0. The number of piperidine rings is 1. The summed E-state index contributed by atoms with van der Waals surface area (Å²) < 4.78 is 5.80. The Balaban J connectivity index is 1.72. The molecule has 1 aromatic carbocycles. The molecule has 2 heterocycles. The number of aromatic amines is 1. The van der Waals surface area contributed by atoms with Crippen LogP contribution in [0.5, 0.6) is 5.75 Å². The van der Waals surface area contributed by atoms with Crippen LogP contribution >= 0.6 is 0 Å². The predicted molar refractivity (Wildman–Crippen MR) is 91.2 cm³/mol. The van der Waals surface area contributed by atoms with E-state index in [0.717, 1.165) is 19.3 Å². The molecule has 25 heavy (non-hydrogen) atoms. The molecule has 1 amide bonds. The second-order valence-electron chi connectivity index (χ2n) is 6.26. The number of ether oxygens (including phenoxy) is 1. The number of aromatic nitrogens is 3. The van der Waals surface area contributed by atoms with Gasteiger partial charge >= 0.3 is 0 Å². The van der Waals surface area contributed by atoms with Crippen LogP contribution in [0.1, 0.15) is 55.3 Å². The molecule has 0 aliphatic carbocycles. The van der Waals surface area contributed by atoms with E-state index >= 15 is 0 Å². The van der Waals surface area contributed by atoms with E-state index < -0.39 is 6.10 Å². The van der Waals surface area contributed by atoms with Crippen LogP contribution in [0.3, 0.4) is 0 Å². The van der Waals surface area contributed by atoms with Gasteiger partial charge in [-0.25, -0.2) is 4.98 Å². The molecule has 0 unspecified atom stereocenters. The van der Waals surface area contributed by atoms with Crippen molar-refractivity contribution in [2.45, 2.75) is 45.3 Å². The average Bonchev–Trinajstić information content (AvgIpc) is 3.15. The molecule has 7 nitrogen and oxygen atoms in total. The van der Waals surface area contributed by atoms with E-state index in [1.54, 1.807) is 31.2 Å². The van der Waals surface area contributed by atoms with E-state index in [-0.39, 0.29) is 17.7 Å². The highest BCUT2D eigenvalue weighted by Gasteiger charge is 2.33. The second kappa shape index (κ2) is 7.46. The largest absolute Gasteiger partial charge is 0.481 e. The summed E-state index contributed by atoms with van der Waals surface area (Å²) in [4.78, 5) is 30.4. The zero-order chi connectivity index (χ0) is 17.8. The molecule has 3 rings (SSSR count). The Morgan fingerprint density at radius 3 is 2.92 bits per heavy atom. The summed E-state index contributed by atoms with van der Waals surface area (Å²) in [6, 6.07) is 6.79. The van der Waals surface area contributed by atoms with Gasteiger partial charge in [0.15, 0.2) is 11.9 Å². The maximum Gasteiger partial charge on any atom is 0.263 e. The number of nitrogens with zero attached hydrogens (tertiary/aromatic N) is 3. The smallest absolute Gasteiger partial charge is 0.263 e. The molecule has 1 aliphatic rings. The zero-order valence-corrected chi connectivity index (χ0v) is 14.4. The Morgan fingerprint density at radius 1 is 1.36 bits per heavy atom. The molecule has 1 aliphatic heterocycles. The van der Waals surface area contributed by atoms with E-state index in [4.69, 9.17) is 4.74 Å². The number of H-pyrrole nitrogens is 1. The number of hydrogen-bond acceptors (Lipinski definition) is 5. The molecule has 2 aromatic rings. The SMILES string of the molecule is CC(=O)c1cccc(O[C@H](C)C(=O)N2CCCC[C@@H]2c2ncn[nH]2)c1. The third-order valence-electron chi connectivity index (χ3n) is 4.44. The molecule has 1 aromatic heterocycles. The van der Waals surface area contributed by atoms with Crippen LogP contribution < -0.4 is 4.74 Å². The third-order valence-corrected chi connectivity index (χ3v) is 4.44. The van der Waals surface area contributed by atoms with Crippen molar-refractivity contribution in [2.24, 2.45) is 0 Å². The van der Waals surface area contributed by atoms with E-state index in [2.05, 4.69) is 15.2 Å². The van der Waals surface area contributed by atoms with Gasteiger partial charge < -0.3 is 9.64 Å². The zero-order valence-electron chi connectivity index (χ0n) is 14.4. The topological polar surface area (TPSA) is 88.2 Å². The summed E-state index contributed by atoms with van der Waals surface area (Å²) in [7, 11) is 0. The Kier molecular flexibility index (Phi) is 5.11. The predicted octanol–water partition coefficient (Wildman–Crippen LogP) is 2.53. The fourth-order valence-electron chi connectivity index (χ4n) is 3.13. The van der Waals surface area contributed by atoms with E-state index in [9.17, 15) is 9.59 Å². The van der Waals surface area contributed by atoms with E-state index in [1.807, 2.05) is 4.90 Å². The minimum Gasteiger partial charge on any atom is -0.481 e. The number of likely N-dealkylation sites (tertiary alicyclic amines) is 1. The van der Waals surface area contributed by atoms with Crippen molar-refractivity contribution >= 4 is 11.7 Å². The summed E-state index contributed by atoms with van der Waals surface area (Å²) in [5.41, 5.74) is 0.564. The molecule has 0 saturated carbocycles.